The maximum Gasteiger partial charge on any atom is 0.237 e. The highest BCUT2D eigenvalue weighted by atomic mass is 32.2. The second-order valence-electron chi connectivity index (χ2n) is 8.68. The third-order valence-electron chi connectivity index (χ3n) is 6.28. The van der Waals surface area contributed by atoms with E-state index in [0.717, 1.165) is 48.5 Å². The van der Waals surface area contributed by atoms with E-state index in [-0.39, 0.29) is 11.9 Å². The van der Waals surface area contributed by atoms with Crippen molar-refractivity contribution >= 4 is 66.0 Å². The number of carbonyl (C=O) groups excluding carboxylic acids is 1. The first kappa shape index (κ1) is 20.6. The molecule has 0 fully saturated rings. The van der Waals surface area contributed by atoms with E-state index in [1.54, 1.807) is 17.7 Å². The highest BCUT2D eigenvalue weighted by Crippen LogP contribution is 2.39. The van der Waals surface area contributed by atoms with Gasteiger partial charge in [-0.05, 0) is 62.1 Å². The Morgan fingerprint density at radius 1 is 1.15 bits per heavy atom. The van der Waals surface area contributed by atoms with Crippen molar-refractivity contribution in [1.29, 1.82) is 0 Å². The van der Waals surface area contributed by atoms with E-state index in [4.69, 9.17) is 4.98 Å². The quantitative estimate of drug-likeness (QED) is 0.236. The van der Waals surface area contributed by atoms with Gasteiger partial charge in [-0.2, -0.15) is 0 Å². The van der Waals surface area contributed by atoms with Crippen molar-refractivity contribution in [2.24, 2.45) is 0 Å². The van der Waals surface area contributed by atoms with Crippen molar-refractivity contribution in [1.82, 2.24) is 15.0 Å². The molecule has 0 unspecified atom stereocenters. The number of hydrogen-bond acceptors (Lipinski definition) is 6. The van der Waals surface area contributed by atoms with Gasteiger partial charge in [-0.25, -0.2) is 15.0 Å². The van der Waals surface area contributed by atoms with Gasteiger partial charge in [0.05, 0.1) is 21.5 Å². The maximum atomic E-state index is 13.2. The fourth-order valence-corrected chi connectivity index (χ4v) is 6.90. The first-order chi connectivity index (χ1) is 16.0. The molecule has 5 aromatic rings. The maximum absolute atomic E-state index is 13.2. The smallest absolute Gasteiger partial charge is 0.237 e. The van der Waals surface area contributed by atoms with Gasteiger partial charge < -0.3 is 4.90 Å². The second kappa shape index (κ2) is 7.78. The summed E-state index contributed by atoms with van der Waals surface area (Å²) in [7, 11) is 0. The van der Waals surface area contributed by atoms with Gasteiger partial charge in [0.25, 0.3) is 0 Å². The number of benzene rings is 2. The molecule has 1 aliphatic rings. The molecule has 0 aliphatic carbocycles. The van der Waals surface area contributed by atoms with Gasteiger partial charge in [0.2, 0.25) is 5.91 Å². The standard InChI is InChI=1S/C26H22N4OS2/c1-14-8-15(2)18-11-19-23-24(33-25(19)29-20(18)9-14)26(28-13-27-23)32-12-22(31)30-16(3)10-17-6-4-5-7-21(17)30/h4-9,11,13,16H,10,12H2,1-3H3/t16-/m0/s1. The van der Waals surface area contributed by atoms with Crippen molar-refractivity contribution in [2.45, 2.75) is 38.3 Å². The number of aromatic nitrogens is 3. The normalized spacial score (nSPS) is 15.6. The summed E-state index contributed by atoms with van der Waals surface area (Å²) in [5, 5.41) is 3.04. The van der Waals surface area contributed by atoms with Crippen LogP contribution in [0.1, 0.15) is 23.6 Å². The summed E-state index contributed by atoms with van der Waals surface area (Å²) in [6.45, 7) is 6.33. The van der Waals surface area contributed by atoms with E-state index < -0.39 is 0 Å². The number of amides is 1. The lowest BCUT2D eigenvalue weighted by molar-refractivity contribution is -0.116. The summed E-state index contributed by atoms with van der Waals surface area (Å²) < 4.78 is 0.998. The van der Waals surface area contributed by atoms with E-state index in [9.17, 15) is 4.79 Å². The van der Waals surface area contributed by atoms with Gasteiger partial charge >= 0.3 is 0 Å². The van der Waals surface area contributed by atoms with Gasteiger partial charge in [-0.3, -0.25) is 4.79 Å². The second-order valence-corrected chi connectivity index (χ2v) is 10.6. The molecule has 164 valence electrons. The monoisotopic (exact) mass is 470 g/mol. The minimum Gasteiger partial charge on any atom is -0.308 e. The third kappa shape index (κ3) is 3.38. The lowest BCUT2D eigenvalue weighted by Crippen LogP contribution is -2.36. The van der Waals surface area contributed by atoms with Crippen molar-refractivity contribution in [3.8, 4) is 0 Å². The van der Waals surface area contributed by atoms with Crippen molar-refractivity contribution < 1.29 is 4.79 Å². The Kier molecular flexibility index (Phi) is 4.85. The Bertz CT molecular complexity index is 1580. The number of para-hydroxylation sites is 1. The van der Waals surface area contributed by atoms with Crippen LogP contribution in [0.4, 0.5) is 5.69 Å². The summed E-state index contributed by atoms with van der Waals surface area (Å²) in [5.74, 6) is 0.451. The van der Waals surface area contributed by atoms with Crippen molar-refractivity contribution in [2.75, 3.05) is 10.7 Å². The number of aryl methyl sites for hydroxylation is 2. The van der Waals surface area contributed by atoms with Crippen LogP contribution < -0.4 is 4.90 Å². The van der Waals surface area contributed by atoms with Gasteiger partial charge in [-0.15, -0.1) is 11.3 Å². The molecule has 1 amide bonds. The molecule has 0 saturated carbocycles. The van der Waals surface area contributed by atoms with Crippen LogP contribution in [0.5, 0.6) is 0 Å². The number of rotatable bonds is 3. The fourth-order valence-electron chi connectivity index (χ4n) is 4.85. The number of thioether (sulfide) groups is 1. The van der Waals surface area contributed by atoms with Crippen LogP contribution in [0.15, 0.2) is 53.8 Å². The Labute approximate surface area is 199 Å². The molecule has 0 bridgehead atoms. The summed E-state index contributed by atoms with van der Waals surface area (Å²) in [5.41, 5.74) is 6.61. The fraction of sp³-hybridized carbons (Fsp3) is 0.231. The Morgan fingerprint density at radius 2 is 2.00 bits per heavy atom. The lowest BCUT2D eigenvalue weighted by atomic mass is 10.1. The first-order valence-electron chi connectivity index (χ1n) is 11.0. The van der Waals surface area contributed by atoms with Crippen molar-refractivity contribution in [3.63, 3.8) is 0 Å². The zero-order chi connectivity index (χ0) is 22.7. The number of thiophene rings is 1. The molecule has 6 rings (SSSR count). The van der Waals surface area contributed by atoms with Crippen LogP contribution in [0.25, 0.3) is 31.3 Å². The number of hydrogen-bond donors (Lipinski definition) is 0. The minimum atomic E-state index is 0.111. The molecule has 7 heteroatoms. The van der Waals surface area contributed by atoms with Crippen molar-refractivity contribution in [3.05, 3.63) is 65.5 Å². The number of pyridine rings is 1. The number of nitrogens with zero attached hydrogens (tertiary/aromatic N) is 4. The average Bonchev–Trinajstić information content (AvgIpc) is 3.32. The molecule has 2 aromatic carbocycles. The summed E-state index contributed by atoms with van der Waals surface area (Å²) in [4.78, 5) is 30.1. The van der Waals surface area contributed by atoms with E-state index in [1.807, 2.05) is 23.1 Å². The molecule has 1 atom stereocenters. The van der Waals surface area contributed by atoms with E-state index in [0.29, 0.717) is 5.75 Å². The third-order valence-corrected chi connectivity index (χ3v) is 8.48. The predicted molar refractivity (Wildman–Crippen MR) is 138 cm³/mol. The molecule has 33 heavy (non-hydrogen) atoms. The molecule has 3 aromatic heterocycles. The van der Waals surface area contributed by atoms with Gasteiger partial charge in [0, 0.05) is 22.5 Å². The molecular weight excluding hydrogens is 448 g/mol. The first-order valence-corrected chi connectivity index (χ1v) is 12.8. The van der Waals surface area contributed by atoms with Gasteiger partial charge in [-0.1, -0.05) is 36.0 Å². The molecular formula is C26H22N4OS2. The summed E-state index contributed by atoms with van der Waals surface area (Å²) in [6, 6.07) is 14.9. The molecule has 0 radical (unpaired) electrons. The van der Waals surface area contributed by atoms with Gasteiger partial charge in [0.1, 0.15) is 16.2 Å². The van der Waals surface area contributed by atoms with E-state index >= 15 is 0 Å². The largest absolute Gasteiger partial charge is 0.308 e. The van der Waals surface area contributed by atoms with Gasteiger partial charge in [0.15, 0.2) is 0 Å². The summed E-state index contributed by atoms with van der Waals surface area (Å²) >= 11 is 3.09. The SMILES string of the molecule is Cc1cc(C)c2cc3c(nc2c1)sc1c(SCC(=O)N2c4ccccc4C[C@@H]2C)ncnc13. The highest BCUT2D eigenvalue weighted by Gasteiger charge is 2.30. The molecule has 0 saturated heterocycles. The number of anilines is 1. The van der Waals surface area contributed by atoms with Crippen LogP contribution in [0, 0.1) is 13.8 Å². The number of fused-ring (bicyclic) bond motifs is 5. The Hall–Kier alpha value is -3.03. The van der Waals surface area contributed by atoms with Crippen LogP contribution in [-0.4, -0.2) is 32.7 Å². The average molecular weight is 471 g/mol. The lowest BCUT2D eigenvalue weighted by Gasteiger charge is -2.22. The minimum absolute atomic E-state index is 0.111. The number of carbonyl (C=O) groups is 1. The van der Waals surface area contributed by atoms with Crippen LogP contribution in [-0.2, 0) is 11.2 Å². The topological polar surface area (TPSA) is 59.0 Å². The molecule has 5 nitrogen and oxygen atoms in total. The molecule has 0 N–H and O–H groups in total. The molecule has 4 heterocycles. The highest BCUT2D eigenvalue weighted by molar-refractivity contribution is 8.00. The molecule has 0 spiro atoms. The predicted octanol–water partition coefficient (Wildman–Crippen LogP) is 6.08. The Balaban J connectivity index is 1.35. The molecule has 1 aliphatic heterocycles. The van der Waals surface area contributed by atoms with Crippen LogP contribution in [0.3, 0.4) is 0 Å². The zero-order valence-electron chi connectivity index (χ0n) is 18.6. The van der Waals surface area contributed by atoms with E-state index in [1.165, 1.54) is 28.5 Å². The summed E-state index contributed by atoms with van der Waals surface area (Å²) in [6.07, 6.45) is 2.50. The zero-order valence-corrected chi connectivity index (χ0v) is 20.3. The van der Waals surface area contributed by atoms with Crippen LogP contribution in [0.2, 0.25) is 0 Å². The van der Waals surface area contributed by atoms with E-state index in [2.05, 4.69) is 55.0 Å². The Morgan fingerprint density at radius 3 is 2.88 bits per heavy atom. The van der Waals surface area contributed by atoms with Crippen LogP contribution >= 0.6 is 23.1 Å².